The summed E-state index contributed by atoms with van der Waals surface area (Å²) in [7, 11) is 5.99. The first-order chi connectivity index (χ1) is 21.1. The van der Waals surface area contributed by atoms with E-state index in [0.717, 1.165) is 0 Å². The summed E-state index contributed by atoms with van der Waals surface area (Å²) >= 11 is 0. The largest absolute Gasteiger partial charge is 0.507 e. The molecular weight excluding hydrogens is 566 g/mol. The standard InChI is InChI=1S/C33H33N3O8/c1-18-9-12-21(36(39)40)17-24(18)35-23-7-6-8-25(37)29(23)28(20-15-26(42-3)32(44-5)27(16-20)43-4)30(33(35)34)31(38)19-10-13-22(41-2)14-11-19/h9-17,28,34,38H,6-8H2,1-5H3/t28-/m1/s1. The average Bonchev–Trinajstić information content (AvgIpc) is 3.03. The maximum absolute atomic E-state index is 13.9. The van der Waals surface area contributed by atoms with Crippen LogP contribution in [0.3, 0.4) is 0 Å². The third-order valence-electron chi connectivity index (χ3n) is 8.04. The van der Waals surface area contributed by atoms with Crippen LogP contribution in [0.15, 0.2) is 71.4 Å². The summed E-state index contributed by atoms with van der Waals surface area (Å²) < 4.78 is 22.1. The van der Waals surface area contributed by atoms with Crippen molar-refractivity contribution < 1.29 is 33.8 Å². The highest BCUT2D eigenvalue weighted by Gasteiger charge is 2.44. The zero-order chi connectivity index (χ0) is 31.7. The predicted octanol–water partition coefficient (Wildman–Crippen LogP) is 6.50. The minimum absolute atomic E-state index is 0.117. The van der Waals surface area contributed by atoms with Gasteiger partial charge in [0.05, 0.1) is 39.0 Å². The van der Waals surface area contributed by atoms with Gasteiger partial charge in [0, 0.05) is 46.9 Å². The molecule has 0 saturated carbocycles. The van der Waals surface area contributed by atoms with E-state index in [2.05, 4.69) is 0 Å². The van der Waals surface area contributed by atoms with Crippen LogP contribution in [0, 0.1) is 22.4 Å². The van der Waals surface area contributed by atoms with E-state index in [1.807, 2.05) is 0 Å². The third kappa shape index (κ3) is 5.10. The Morgan fingerprint density at radius 1 is 0.955 bits per heavy atom. The van der Waals surface area contributed by atoms with Crippen molar-refractivity contribution in [3.63, 3.8) is 0 Å². The molecule has 1 atom stereocenters. The van der Waals surface area contributed by atoms with Crippen molar-refractivity contribution >= 4 is 28.8 Å². The zero-order valence-corrected chi connectivity index (χ0v) is 25.1. The number of nitro groups is 1. The number of Topliss-reactive ketones (excluding diaryl/α,β-unsaturated/α-hetero) is 1. The van der Waals surface area contributed by atoms with E-state index in [-0.39, 0.29) is 35.1 Å². The van der Waals surface area contributed by atoms with E-state index < -0.39 is 10.8 Å². The molecule has 2 aliphatic rings. The Balaban J connectivity index is 1.88. The van der Waals surface area contributed by atoms with Crippen molar-refractivity contribution in [1.82, 2.24) is 0 Å². The lowest BCUT2D eigenvalue weighted by Gasteiger charge is -2.42. The monoisotopic (exact) mass is 599 g/mol. The van der Waals surface area contributed by atoms with Crippen LogP contribution in [0.25, 0.3) is 5.76 Å². The summed E-state index contributed by atoms with van der Waals surface area (Å²) in [6.45, 7) is 1.79. The highest BCUT2D eigenvalue weighted by molar-refractivity contribution is 6.20. The molecule has 1 heterocycles. The number of hydrogen-bond acceptors (Lipinski definition) is 9. The molecule has 0 fully saturated rings. The second kappa shape index (κ2) is 12.1. The normalized spacial score (nSPS) is 17.7. The Labute approximate surface area is 254 Å². The van der Waals surface area contributed by atoms with Crippen molar-refractivity contribution in [2.75, 3.05) is 33.3 Å². The maximum atomic E-state index is 13.9. The molecule has 0 spiro atoms. The summed E-state index contributed by atoms with van der Waals surface area (Å²) in [5.41, 5.74) is 2.92. The van der Waals surface area contributed by atoms with E-state index in [1.165, 1.54) is 40.6 Å². The summed E-state index contributed by atoms with van der Waals surface area (Å²) in [6.07, 6.45) is 1.26. The number of aliphatic hydroxyl groups is 1. The van der Waals surface area contributed by atoms with Gasteiger partial charge in [0.25, 0.3) is 5.69 Å². The van der Waals surface area contributed by atoms with Crippen molar-refractivity contribution in [2.45, 2.75) is 32.1 Å². The van der Waals surface area contributed by atoms with Gasteiger partial charge in [-0.25, -0.2) is 0 Å². The molecule has 3 aromatic rings. The maximum Gasteiger partial charge on any atom is 0.271 e. The molecule has 2 N–H and O–H groups in total. The Hall–Kier alpha value is -5.32. The number of carbonyl (C=O) groups is 1. The third-order valence-corrected chi connectivity index (χ3v) is 8.04. The molecule has 5 rings (SSSR count). The molecule has 0 amide bonds. The Morgan fingerprint density at radius 3 is 2.18 bits per heavy atom. The number of amidine groups is 1. The molecule has 1 aliphatic heterocycles. The number of benzene rings is 3. The van der Waals surface area contributed by atoms with E-state index in [0.29, 0.717) is 69.5 Å². The number of allylic oxidation sites excluding steroid dienone is 2. The molecule has 44 heavy (non-hydrogen) atoms. The number of non-ortho nitro benzene ring substituents is 1. The first kappa shape index (κ1) is 30.1. The molecule has 0 saturated heterocycles. The number of carbonyl (C=O) groups excluding carboxylic acids is 1. The van der Waals surface area contributed by atoms with E-state index in [4.69, 9.17) is 18.9 Å². The smallest absolute Gasteiger partial charge is 0.271 e. The quantitative estimate of drug-likeness (QED) is 0.168. The fourth-order valence-corrected chi connectivity index (χ4v) is 5.92. The van der Waals surface area contributed by atoms with Crippen LogP contribution in [0.5, 0.6) is 23.0 Å². The van der Waals surface area contributed by atoms with Gasteiger partial charge in [-0.05, 0) is 67.3 Å². The molecule has 0 bridgehead atoms. The highest BCUT2D eigenvalue weighted by Crippen LogP contribution is 2.51. The van der Waals surface area contributed by atoms with Crippen molar-refractivity contribution in [3.05, 3.63) is 98.2 Å². The molecular formula is C33H33N3O8. The number of ether oxygens (including phenoxy) is 4. The fraction of sp³-hybridized carbons (Fsp3) is 0.273. The average molecular weight is 600 g/mol. The van der Waals surface area contributed by atoms with Crippen molar-refractivity contribution in [3.8, 4) is 23.0 Å². The van der Waals surface area contributed by atoms with Gasteiger partial charge in [0.15, 0.2) is 17.3 Å². The number of nitro benzene ring substituents is 1. The number of nitrogens with one attached hydrogen (secondary N) is 1. The second-order valence-electron chi connectivity index (χ2n) is 10.4. The molecule has 1 aliphatic carbocycles. The number of ketones is 1. The van der Waals surface area contributed by atoms with Gasteiger partial charge in [0.2, 0.25) is 5.75 Å². The Bertz CT molecular complexity index is 1700. The molecule has 11 heteroatoms. The minimum atomic E-state index is -0.892. The summed E-state index contributed by atoms with van der Waals surface area (Å²) in [4.78, 5) is 26.7. The summed E-state index contributed by atoms with van der Waals surface area (Å²) in [5.74, 6) is 0.240. The number of methoxy groups -OCH3 is 4. The molecule has 11 nitrogen and oxygen atoms in total. The predicted molar refractivity (Wildman–Crippen MR) is 165 cm³/mol. The van der Waals surface area contributed by atoms with Crippen LogP contribution in [-0.2, 0) is 4.79 Å². The molecule has 0 aromatic heterocycles. The Kier molecular flexibility index (Phi) is 8.30. The van der Waals surface area contributed by atoms with Crippen LogP contribution >= 0.6 is 0 Å². The lowest BCUT2D eigenvalue weighted by atomic mass is 9.73. The minimum Gasteiger partial charge on any atom is -0.507 e. The lowest BCUT2D eigenvalue weighted by Crippen LogP contribution is -2.42. The number of aliphatic hydroxyl groups excluding tert-OH is 1. The van der Waals surface area contributed by atoms with Gasteiger partial charge < -0.3 is 24.1 Å². The lowest BCUT2D eigenvalue weighted by molar-refractivity contribution is -0.384. The van der Waals surface area contributed by atoms with Gasteiger partial charge in [-0.2, -0.15) is 0 Å². The van der Waals surface area contributed by atoms with Gasteiger partial charge >= 0.3 is 0 Å². The van der Waals surface area contributed by atoms with Crippen LogP contribution in [0.4, 0.5) is 11.4 Å². The summed E-state index contributed by atoms with van der Waals surface area (Å²) in [6, 6.07) is 14.5. The topological polar surface area (TPSA) is 144 Å². The molecule has 228 valence electrons. The summed E-state index contributed by atoms with van der Waals surface area (Å²) in [5, 5.41) is 33.3. The number of nitrogens with zero attached hydrogens (tertiary/aromatic N) is 2. The van der Waals surface area contributed by atoms with Gasteiger partial charge in [-0.1, -0.05) is 6.07 Å². The van der Waals surface area contributed by atoms with E-state index in [1.54, 1.807) is 54.3 Å². The number of aryl methyl sites for hydroxylation is 1. The molecule has 0 radical (unpaired) electrons. The van der Waals surface area contributed by atoms with Crippen molar-refractivity contribution in [2.24, 2.45) is 0 Å². The number of anilines is 1. The molecule has 3 aromatic carbocycles. The van der Waals surface area contributed by atoms with Gasteiger partial charge in [-0.3, -0.25) is 25.2 Å². The van der Waals surface area contributed by atoms with Crippen LogP contribution < -0.4 is 23.8 Å². The van der Waals surface area contributed by atoms with E-state index >= 15 is 0 Å². The molecule has 0 unspecified atom stereocenters. The fourth-order valence-electron chi connectivity index (χ4n) is 5.92. The van der Waals surface area contributed by atoms with Crippen LogP contribution in [0.2, 0.25) is 0 Å². The zero-order valence-electron chi connectivity index (χ0n) is 25.1. The first-order valence-electron chi connectivity index (χ1n) is 13.9. The Morgan fingerprint density at radius 2 is 1.61 bits per heavy atom. The van der Waals surface area contributed by atoms with Crippen LogP contribution in [0.1, 0.15) is 41.9 Å². The highest BCUT2D eigenvalue weighted by atomic mass is 16.6. The van der Waals surface area contributed by atoms with Crippen LogP contribution in [-0.4, -0.2) is 50.1 Å². The number of rotatable bonds is 8. The van der Waals surface area contributed by atoms with Gasteiger partial charge in [-0.15, -0.1) is 0 Å². The van der Waals surface area contributed by atoms with Gasteiger partial charge in [0.1, 0.15) is 17.3 Å². The first-order valence-corrected chi connectivity index (χ1v) is 13.9. The second-order valence-corrected chi connectivity index (χ2v) is 10.4. The van der Waals surface area contributed by atoms with E-state index in [9.17, 15) is 25.4 Å². The number of hydrogen-bond donors (Lipinski definition) is 2. The SMILES string of the molecule is COc1ccc(C(O)=C2C(=N)N(c3cc([N+](=O)[O-])ccc3C)C3=C(C(=O)CCC3)[C@H]2c2cc(OC)c(OC)c(OC)c2)cc1. The van der Waals surface area contributed by atoms with Crippen molar-refractivity contribution in [1.29, 1.82) is 5.41 Å².